The van der Waals surface area contributed by atoms with Crippen molar-refractivity contribution in [3.63, 3.8) is 0 Å². The van der Waals surface area contributed by atoms with Crippen LogP contribution in [0, 0.1) is 5.82 Å². The fourth-order valence-corrected chi connectivity index (χ4v) is 1.67. The number of halogens is 1. The van der Waals surface area contributed by atoms with Gasteiger partial charge in [-0.05, 0) is 55.5 Å². The van der Waals surface area contributed by atoms with Crippen molar-refractivity contribution in [2.24, 2.45) is 0 Å². The Morgan fingerprint density at radius 2 is 1.68 bits per heavy atom. The highest BCUT2D eigenvalue weighted by molar-refractivity contribution is 6.04. The van der Waals surface area contributed by atoms with Crippen LogP contribution in [0.5, 0.6) is 5.75 Å². The van der Waals surface area contributed by atoms with Gasteiger partial charge in [0.2, 0.25) is 0 Å². The molecule has 0 unspecified atom stereocenters. The van der Waals surface area contributed by atoms with Crippen molar-refractivity contribution < 1.29 is 23.8 Å². The van der Waals surface area contributed by atoms with Crippen LogP contribution in [-0.2, 0) is 4.79 Å². The van der Waals surface area contributed by atoms with Crippen LogP contribution < -0.4 is 15.2 Å². The number of carbonyl (C=O) groups excluding carboxylic acids is 2. The summed E-state index contributed by atoms with van der Waals surface area (Å²) < 4.78 is 17.9. The van der Waals surface area contributed by atoms with Gasteiger partial charge in [0, 0.05) is 11.3 Å². The lowest BCUT2D eigenvalue weighted by Crippen LogP contribution is -2.37. The third kappa shape index (κ3) is 4.05. The Kier molecular flexibility index (Phi) is 4.73. The summed E-state index contributed by atoms with van der Waals surface area (Å²) in [6.45, 7) is 1.35. The molecule has 2 aromatic rings. The molecular formula is C16H13FNO4-. The number of nitrogens with one attached hydrogen (secondary N) is 1. The van der Waals surface area contributed by atoms with E-state index in [0.29, 0.717) is 17.0 Å². The Morgan fingerprint density at radius 1 is 1.09 bits per heavy atom. The molecule has 114 valence electrons. The van der Waals surface area contributed by atoms with Crippen molar-refractivity contribution in [3.8, 4) is 5.75 Å². The fraction of sp³-hybridized carbons (Fsp3) is 0.125. The molecule has 2 rings (SSSR count). The lowest BCUT2D eigenvalue weighted by Gasteiger charge is -2.15. The second kappa shape index (κ2) is 6.71. The topological polar surface area (TPSA) is 78.5 Å². The number of carboxylic acid groups (broad SMARTS) is 1. The zero-order chi connectivity index (χ0) is 16.1. The fourth-order valence-electron chi connectivity index (χ4n) is 1.67. The van der Waals surface area contributed by atoms with Gasteiger partial charge in [0.15, 0.2) is 0 Å². The zero-order valence-corrected chi connectivity index (χ0v) is 11.7. The molecule has 2 aromatic carbocycles. The summed E-state index contributed by atoms with van der Waals surface area (Å²) in [6.07, 6.45) is -1.08. The van der Waals surface area contributed by atoms with E-state index in [9.17, 15) is 19.1 Å². The molecule has 1 amide bonds. The summed E-state index contributed by atoms with van der Waals surface area (Å²) in [5.74, 6) is -1.76. The summed E-state index contributed by atoms with van der Waals surface area (Å²) in [5.41, 5.74) is 0.829. The number of anilines is 1. The summed E-state index contributed by atoms with van der Waals surface area (Å²) in [5, 5.41) is 13.2. The maximum atomic E-state index is 12.8. The minimum Gasteiger partial charge on any atom is -0.546 e. The number of carbonyl (C=O) groups is 2. The highest BCUT2D eigenvalue weighted by Gasteiger charge is 2.08. The number of amides is 1. The van der Waals surface area contributed by atoms with Crippen molar-refractivity contribution in [1.82, 2.24) is 0 Å². The summed E-state index contributed by atoms with van der Waals surface area (Å²) in [4.78, 5) is 22.6. The van der Waals surface area contributed by atoms with Gasteiger partial charge < -0.3 is 20.0 Å². The quantitative estimate of drug-likeness (QED) is 0.910. The van der Waals surface area contributed by atoms with E-state index in [1.165, 1.54) is 55.5 Å². The number of hydrogen-bond acceptors (Lipinski definition) is 4. The predicted molar refractivity (Wildman–Crippen MR) is 75.9 cm³/mol. The molecule has 0 bridgehead atoms. The number of carboxylic acids is 1. The first-order valence-electron chi connectivity index (χ1n) is 6.50. The minimum absolute atomic E-state index is 0.315. The molecule has 0 aliphatic rings. The zero-order valence-electron chi connectivity index (χ0n) is 11.7. The molecule has 1 N–H and O–H groups in total. The maximum Gasteiger partial charge on any atom is 0.255 e. The molecule has 0 fully saturated rings. The second-order valence-electron chi connectivity index (χ2n) is 4.56. The first-order chi connectivity index (χ1) is 10.5. The second-order valence-corrected chi connectivity index (χ2v) is 4.56. The van der Waals surface area contributed by atoms with Gasteiger partial charge in [0.25, 0.3) is 5.91 Å². The van der Waals surface area contributed by atoms with Crippen LogP contribution in [-0.4, -0.2) is 18.0 Å². The standard InChI is InChI=1S/C16H14FNO4/c1-10(16(20)21)22-14-8-2-11(3-9-14)15(19)18-13-6-4-12(17)5-7-13/h2-10H,1H3,(H,18,19)(H,20,21)/p-1/t10-/m0/s1. The highest BCUT2D eigenvalue weighted by Crippen LogP contribution is 2.15. The molecule has 0 aromatic heterocycles. The Balaban J connectivity index is 2.01. The van der Waals surface area contributed by atoms with Gasteiger partial charge in [-0.25, -0.2) is 4.39 Å². The largest absolute Gasteiger partial charge is 0.546 e. The predicted octanol–water partition coefficient (Wildman–Crippen LogP) is 1.60. The average molecular weight is 302 g/mol. The van der Waals surface area contributed by atoms with Crippen LogP contribution >= 0.6 is 0 Å². The Morgan fingerprint density at radius 3 is 2.23 bits per heavy atom. The highest BCUT2D eigenvalue weighted by atomic mass is 19.1. The van der Waals surface area contributed by atoms with E-state index in [2.05, 4.69) is 5.32 Å². The number of hydrogen-bond donors (Lipinski definition) is 1. The van der Waals surface area contributed by atoms with Gasteiger partial charge in [-0.1, -0.05) is 0 Å². The van der Waals surface area contributed by atoms with Crippen molar-refractivity contribution in [2.75, 3.05) is 5.32 Å². The molecular weight excluding hydrogens is 289 g/mol. The van der Waals surface area contributed by atoms with Gasteiger partial charge in [-0.3, -0.25) is 4.79 Å². The minimum atomic E-state index is -1.32. The first kappa shape index (κ1) is 15.5. The first-order valence-corrected chi connectivity index (χ1v) is 6.50. The van der Waals surface area contributed by atoms with Crippen LogP contribution in [0.1, 0.15) is 17.3 Å². The lowest BCUT2D eigenvalue weighted by atomic mass is 10.2. The Bertz CT molecular complexity index is 668. The van der Waals surface area contributed by atoms with Crippen LogP contribution in [0.15, 0.2) is 48.5 Å². The van der Waals surface area contributed by atoms with E-state index < -0.39 is 12.1 Å². The molecule has 0 heterocycles. The molecule has 22 heavy (non-hydrogen) atoms. The van der Waals surface area contributed by atoms with Crippen molar-refractivity contribution in [2.45, 2.75) is 13.0 Å². The maximum absolute atomic E-state index is 12.8. The third-order valence-corrected chi connectivity index (χ3v) is 2.86. The molecule has 0 aliphatic carbocycles. The average Bonchev–Trinajstić information content (AvgIpc) is 2.50. The van der Waals surface area contributed by atoms with E-state index in [1.54, 1.807) is 0 Å². The molecule has 0 spiro atoms. The van der Waals surface area contributed by atoms with Crippen molar-refractivity contribution in [1.29, 1.82) is 0 Å². The molecule has 0 aliphatic heterocycles. The molecule has 1 atom stereocenters. The molecule has 0 saturated heterocycles. The van der Waals surface area contributed by atoms with Crippen molar-refractivity contribution >= 4 is 17.6 Å². The van der Waals surface area contributed by atoms with Crippen molar-refractivity contribution in [3.05, 3.63) is 59.9 Å². The molecule has 0 saturated carbocycles. The smallest absolute Gasteiger partial charge is 0.255 e. The van der Waals surface area contributed by atoms with E-state index in [4.69, 9.17) is 4.74 Å². The molecule has 0 radical (unpaired) electrons. The Labute approximate surface area is 126 Å². The van der Waals surface area contributed by atoms with E-state index in [1.807, 2.05) is 0 Å². The monoisotopic (exact) mass is 302 g/mol. The number of rotatable bonds is 5. The summed E-state index contributed by atoms with van der Waals surface area (Å²) in [6, 6.07) is 11.4. The third-order valence-electron chi connectivity index (χ3n) is 2.86. The van der Waals surface area contributed by atoms with Gasteiger partial charge >= 0.3 is 0 Å². The Hall–Kier alpha value is -2.89. The summed E-state index contributed by atoms with van der Waals surface area (Å²) >= 11 is 0. The van der Waals surface area contributed by atoms with E-state index >= 15 is 0 Å². The van der Waals surface area contributed by atoms with E-state index in [0.717, 1.165) is 0 Å². The molecule has 6 heteroatoms. The number of ether oxygens (including phenoxy) is 1. The van der Waals surface area contributed by atoms with Crippen LogP contribution in [0.4, 0.5) is 10.1 Å². The lowest BCUT2D eigenvalue weighted by molar-refractivity contribution is -0.312. The number of benzene rings is 2. The van der Waals surface area contributed by atoms with Gasteiger partial charge in [-0.2, -0.15) is 0 Å². The van der Waals surface area contributed by atoms with Gasteiger partial charge in [0.1, 0.15) is 17.7 Å². The van der Waals surface area contributed by atoms with Crippen LogP contribution in [0.3, 0.4) is 0 Å². The van der Waals surface area contributed by atoms with Crippen LogP contribution in [0.25, 0.3) is 0 Å². The number of aliphatic carboxylic acids is 1. The molecule has 5 nitrogen and oxygen atoms in total. The van der Waals surface area contributed by atoms with Crippen LogP contribution in [0.2, 0.25) is 0 Å². The summed E-state index contributed by atoms with van der Waals surface area (Å²) in [7, 11) is 0. The van der Waals surface area contributed by atoms with Gasteiger partial charge in [-0.15, -0.1) is 0 Å². The van der Waals surface area contributed by atoms with Gasteiger partial charge in [0.05, 0.1) is 5.97 Å². The SMILES string of the molecule is C[C@H](Oc1ccc(C(=O)Nc2ccc(F)cc2)cc1)C(=O)[O-]. The normalized spacial score (nSPS) is 11.5. The van der Waals surface area contributed by atoms with E-state index in [-0.39, 0.29) is 11.7 Å².